The minimum atomic E-state index is 0.0703. The fourth-order valence-corrected chi connectivity index (χ4v) is 5.85. The van der Waals surface area contributed by atoms with Gasteiger partial charge in [-0.05, 0) is 49.1 Å². The fourth-order valence-electron chi connectivity index (χ4n) is 4.75. The van der Waals surface area contributed by atoms with Gasteiger partial charge in [0.2, 0.25) is 16.8 Å². The van der Waals surface area contributed by atoms with Crippen LogP contribution in [0.2, 0.25) is 5.02 Å². The second-order valence-electron chi connectivity index (χ2n) is 10.0. The van der Waals surface area contributed by atoms with Crippen LogP contribution in [0.3, 0.4) is 0 Å². The number of nitrogens with zero attached hydrogens (tertiary/aromatic N) is 6. The summed E-state index contributed by atoms with van der Waals surface area (Å²) < 4.78 is 1.66. The maximum absolute atomic E-state index is 12.8. The van der Waals surface area contributed by atoms with Gasteiger partial charge in [0.1, 0.15) is 5.01 Å². The van der Waals surface area contributed by atoms with E-state index in [0.717, 1.165) is 68.0 Å². The molecule has 0 unspecified atom stereocenters. The van der Waals surface area contributed by atoms with Crippen LogP contribution in [0, 0.1) is 11.8 Å². The monoisotopic (exact) mass is 514 g/mol. The van der Waals surface area contributed by atoms with Crippen LogP contribution < -0.4 is 0 Å². The number of hydrogen-bond acceptors (Lipinski definition) is 6. The molecule has 0 radical (unpaired) electrons. The van der Waals surface area contributed by atoms with Gasteiger partial charge in [0.05, 0.1) is 12.8 Å². The number of aromatic nitrogens is 4. The Bertz CT molecular complexity index is 1220. The van der Waals surface area contributed by atoms with Gasteiger partial charge in [-0.1, -0.05) is 48.9 Å². The molecule has 3 aromatic rings. The molecule has 0 N–H and O–H groups in total. The molecule has 2 aliphatic rings. The molecule has 0 bridgehead atoms. The highest BCUT2D eigenvalue weighted by Crippen LogP contribution is 2.30. The predicted octanol–water partition coefficient (Wildman–Crippen LogP) is 4.11. The molecule has 1 aromatic carbocycles. The Hall–Kier alpha value is -2.52. The third kappa shape index (κ3) is 5.35. The van der Waals surface area contributed by atoms with Gasteiger partial charge < -0.3 is 9.80 Å². The van der Waals surface area contributed by atoms with Gasteiger partial charge in [-0.2, -0.15) is 9.61 Å². The Kier molecular flexibility index (Phi) is 7.07. The number of hydrogen-bond donors (Lipinski definition) is 0. The number of fused-ring (bicyclic) bond motifs is 1. The minimum Gasteiger partial charge on any atom is -0.342 e. The van der Waals surface area contributed by atoms with Crippen molar-refractivity contribution < 1.29 is 9.59 Å². The van der Waals surface area contributed by atoms with Gasteiger partial charge in [0.15, 0.2) is 5.82 Å². The van der Waals surface area contributed by atoms with Crippen LogP contribution in [0.4, 0.5) is 0 Å². The first kappa shape index (κ1) is 24.2. The lowest BCUT2D eigenvalue weighted by Gasteiger charge is -2.30. The summed E-state index contributed by atoms with van der Waals surface area (Å²) in [6.45, 7) is 7.71. The lowest BCUT2D eigenvalue weighted by molar-refractivity contribution is -0.132. The summed E-state index contributed by atoms with van der Waals surface area (Å²) >= 11 is 7.98. The third-order valence-corrected chi connectivity index (χ3v) is 8.58. The lowest BCUT2D eigenvalue weighted by atomic mass is 9.98. The largest absolute Gasteiger partial charge is 0.342 e. The van der Waals surface area contributed by atoms with Gasteiger partial charge in [-0.15, -0.1) is 10.2 Å². The summed E-state index contributed by atoms with van der Waals surface area (Å²) in [7, 11) is 0. The molecule has 8 nitrogen and oxygen atoms in total. The van der Waals surface area contributed by atoms with E-state index in [1.165, 1.54) is 11.3 Å². The van der Waals surface area contributed by atoms with Crippen molar-refractivity contribution in [3.63, 3.8) is 0 Å². The fraction of sp³-hybridized carbons (Fsp3) is 0.560. The number of benzene rings is 1. The average molecular weight is 515 g/mol. The molecular weight excluding hydrogens is 484 g/mol. The zero-order valence-electron chi connectivity index (χ0n) is 20.2. The molecule has 186 valence electrons. The van der Waals surface area contributed by atoms with E-state index in [1.807, 2.05) is 28.0 Å². The molecule has 0 spiro atoms. The summed E-state index contributed by atoms with van der Waals surface area (Å²) in [6, 6.07) is 5.71. The number of piperidine rings is 2. The minimum absolute atomic E-state index is 0.0703. The SMILES string of the molecule is CC1CCN(C(=O)Cc2ccc(-c3nn4c(CC(=O)N5CCC(C)CC5)nnc4s3)cc2Cl)CC1. The van der Waals surface area contributed by atoms with E-state index in [0.29, 0.717) is 34.1 Å². The van der Waals surface area contributed by atoms with Crippen LogP contribution >= 0.6 is 22.9 Å². The van der Waals surface area contributed by atoms with Crippen LogP contribution in [-0.4, -0.2) is 67.6 Å². The first-order valence-electron chi connectivity index (χ1n) is 12.4. The second-order valence-corrected chi connectivity index (χ2v) is 11.4. The van der Waals surface area contributed by atoms with E-state index in [1.54, 1.807) is 4.52 Å². The second kappa shape index (κ2) is 10.2. The maximum atomic E-state index is 12.8. The van der Waals surface area contributed by atoms with E-state index in [9.17, 15) is 9.59 Å². The highest BCUT2D eigenvalue weighted by molar-refractivity contribution is 7.19. The molecular formula is C25H31ClN6O2S. The summed E-state index contributed by atoms with van der Waals surface area (Å²) in [5, 5.41) is 14.4. The van der Waals surface area contributed by atoms with Crippen molar-refractivity contribution in [2.45, 2.75) is 52.4 Å². The molecule has 2 saturated heterocycles. The maximum Gasteiger partial charge on any atom is 0.234 e. The van der Waals surface area contributed by atoms with Crippen LogP contribution in [0.1, 0.15) is 50.9 Å². The number of amides is 2. The number of likely N-dealkylation sites (tertiary alicyclic amines) is 2. The zero-order valence-corrected chi connectivity index (χ0v) is 21.8. The van der Waals surface area contributed by atoms with Crippen LogP contribution in [0.15, 0.2) is 18.2 Å². The third-order valence-electron chi connectivity index (χ3n) is 7.28. The molecule has 35 heavy (non-hydrogen) atoms. The predicted molar refractivity (Wildman–Crippen MR) is 136 cm³/mol. The van der Waals surface area contributed by atoms with Crippen LogP contribution in [0.5, 0.6) is 0 Å². The van der Waals surface area contributed by atoms with Crippen molar-refractivity contribution in [2.75, 3.05) is 26.2 Å². The molecule has 4 heterocycles. The van der Waals surface area contributed by atoms with E-state index >= 15 is 0 Å². The molecule has 2 aromatic heterocycles. The Morgan fingerprint density at radius 1 is 0.943 bits per heavy atom. The smallest absolute Gasteiger partial charge is 0.234 e. The van der Waals surface area contributed by atoms with E-state index < -0.39 is 0 Å². The Morgan fingerprint density at radius 3 is 2.14 bits per heavy atom. The standard InChI is InChI=1S/C25H31ClN6O2S/c1-16-5-9-30(10-6-16)22(33)14-18-3-4-19(13-20(18)26)24-29-32-21(27-28-25(32)35-24)15-23(34)31-11-7-17(2)8-12-31/h3-4,13,16-17H,5-12,14-15H2,1-2H3. The van der Waals surface area contributed by atoms with Gasteiger partial charge in [-0.25, -0.2) is 0 Å². The normalized spacial score (nSPS) is 17.9. The van der Waals surface area contributed by atoms with Crippen molar-refractivity contribution in [3.05, 3.63) is 34.6 Å². The van der Waals surface area contributed by atoms with Crippen molar-refractivity contribution in [1.29, 1.82) is 0 Å². The Balaban J connectivity index is 1.27. The van der Waals surface area contributed by atoms with Crippen molar-refractivity contribution >= 4 is 39.7 Å². The topological polar surface area (TPSA) is 83.7 Å². The summed E-state index contributed by atoms with van der Waals surface area (Å²) in [5.74, 6) is 2.10. The quantitative estimate of drug-likeness (QED) is 0.511. The first-order valence-corrected chi connectivity index (χ1v) is 13.6. The molecule has 2 aliphatic heterocycles. The summed E-state index contributed by atoms with van der Waals surface area (Å²) in [4.78, 5) is 30.0. The van der Waals surface area contributed by atoms with Crippen molar-refractivity contribution in [3.8, 4) is 10.6 Å². The van der Waals surface area contributed by atoms with Crippen molar-refractivity contribution in [2.24, 2.45) is 11.8 Å². The first-order chi connectivity index (χ1) is 16.9. The summed E-state index contributed by atoms with van der Waals surface area (Å²) in [6.07, 6.45) is 4.70. The molecule has 0 atom stereocenters. The van der Waals surface area contributed by atoms with Gasteiger partial charge >= 0.3 is 0 Å². The van der Waals surface area contributed by atoms with Crippen LogP contribution in [0.25, 0.3) is 15.5 Å². The average Bonchev–Trinajstić information content (AvgIpc) is 3.43. The zero-order chi connectivity index (χ0) is 24.5. The van der Waals surface area contributed by atoms with E-state index in [2.05, 4.69) is 29.1 Å². The van der Waals surface area contributed by atoms with Gasteiger partial charge in [-0.3, -0.25) is 9.59 Å². The van der Waals surface area contributed by atoms with E-state index in [4.69, 9.17) is 11.6 Å². The molecule has 0 aliphatic carbocycles. The molecule has 0 saturated carbocycles. The summed E-state index contributed by atoms with van der Waals surface area (Å²) in [5.41, 5.74) is 1.68. The number of halogens is 1. The van der Waals surface area contributed by atoms with Gasteiger partial charge in [0, 0.05) is 36.8 Å². The Morgan fingerprint density at radius 2 is 1.54 bits per heavy atom. The number of rotatable bonds is 5. The van der Waals surface area contributed by atoms with Crippen LogP contribution in [-0.2, 0) is 22.4 Å². The highest BCUT2D eigenvalue weighted by Gasteiger charge is 2.24. The van der Waals surface area contributed by atoms with Crippen molar-refractivity contribution in [1.82, 2.24) is 29.6 Å². The molecule has 2 amide bonds. The van der Waals surface area contributed by atoms with E-state index in [-0.39, 0.29) is 18.2 Å². The van der Waals surface area contributed by atoms with Gasteiger partial charge in [0.25, 0.3) is 0 Å². The number of carbonyl (C=O) groups is 2. The molecule has 2 fully saturated rings. The Labute approximate surface area is 214 Å². The lowest BCUT2D eigenvalue weighted by Crippen LogP contribution is -2.39. The highest BCUT2D eigenvalue weighted by atomic mass is 35.5. The number of carbonyl (C=O) groups excluding carboxylic acids is 2. The molecule has 10 heteroatoms. The molecule has 5 rings (SSSR count).